The second-order valence-corrected chi connectivity index (χ2v) is 5.01. The molecule has 0 aliphatic carbocycles. The molecule has 0 bridgehead atoms. The molecule has 0 unspecified atom stereocenters. The van der Waals surface area contributed by atoms with Crippen LogP contribution in [0.3, 0.4) is 0 Å². The zero-order valence-corrected chi connectivity index (χ0v) is 13.3. The van der Waals surface area contributed by atoms with E-state index < -0.39 is 35.4 Å². The summed E-state index contributed by atoms with van der Waals surface area (Å²) in [5.41, 5.74) is -0.515. The molecule has 8 heteroatoms. The van der Waals surface area contributed by atoms with E-state index in [0.29, 0.717) is 0 Å². The molecular weight excluding hydrogens is 339 g/mol. The third kappa shape index (κ3) is 4.50. The first-order valence-corrected chi connectivity index (χ1v) is 7.12. The first kappa shape index (κ1) is 18.3. The summed E-state index contributed by atoms with van der Waals surface area (Å²) in [4.78, 5) is 23.9. The maximum absolute atomic E-state index is 13.6. The fraction of sp³-hybridized carbons (Fsp3) is 0.176. The van der Waals surface area contributed by atoms with Crippen molar-refractivity contribution in [1.82, 2.24) is 0 Å². The fourth-order valence-corrected chi connectivity index (χ4v) is 1.90. The molecule has 0 aliphatic rings. The standard InChI is InChI=1S/C17H14F3NO4/c1-9(16(22)21-14-8-11(18)4-5-12(14)19)25-17(23)10-3-6-15(24-2)13(20)7-10/h3-9H,1-2H3,(H,21,22)/t9-/m1/s1. The first-order chi connectivity index (χ1) is 11.8. The average Bonchev–Trinajstić information content (AvgIpc) is 2.57. The Morgan fingerprint density at radius 3 is 2.40 bits per heavy atom. The molecule has 132 valence electrons. The van der Waals surface area contributed by atoms with E-state index in [0.717, 1.165) is 24.3 Å². The lowest BCUT2D eigenvalue weighted by Crippen LogP contribution is -2.30. The van der Waals surface area contributed by atoms with Crippen LogP contribution in [0.25, 0.3) is 0 Å². The van der Waals surface area contributed by atoms with Crippen molar-refractivity contribution < 1.29 is 32.2 Å². The van der Waals surface area contributed by atoms with Gasteiger partial charge in [0.1, 0.15) is 11.6 Å². The van der Waals surface area contributed by atoms with Gasteiger partial charge in [0.05, 0.1) is 18.4 Å². The highest BCUT2D eigenvalue weighted by atomic mass is 19.1. The van der Waals surface area contributed by atoms with Crippen molar-refractivity contribution in [2.24, 2.45) is 0 Å². The van der Waals surface area contributed by atoms with Crippen LogP contribution in [-0.4, -0.2) is 25.1 Å². The topological polar surface area (TPSA) is 64.6 Å². The van der Waals surface area contributed by atoms with Crippen LogP contribution in [0.1, 0.15) is 17.3 Å². The summed E-state index contributed by atoms with van der Waals surface area (Å²) in [5, 5.41) is 2.11. The molecule has 25 heavy (non-hydrogen) atoms. The number of hydrogen-bond donors (Lipinski definition) is 1. The Balaban J connectivity index is 2.04. The second-order valence-electron chi connectivity index (χ2n) is 5.01. The maximum Gasteiger partial charge on any atom is 0.339 e. The van der Waals surface area contributed by atoms with Gasteiger partial charge in [0, 0.05) is 6.07 Å². The van der Waals surface area contributed by atoms with Gasteiger partial charge in [-0.15, -0.1) is 0 Å². The molecule has 0 saturated carbocycles. The lowest BCUT2D eigenvalue weighted by atomic mass is 10.2. The van der Waals surface area contributed by atoms with Gasteiger partial charge in [-0.25, -0.2) is 18.0 Å². The number of ether oxygens (including phenoxy) is 2. The number of benzene rings is 2. The average molecular weight is 353 g/mol. The number of carbonyl (C=O) groups is 2. The molecule has 2 aromatic rings. The summed E-state index contributed by atoms with van der Waals surface area (Å²) in [6, 6.07) is 5.94. The van der Waals surface area contributed by atoms with E-state index in [1.807, 2.05) is 0 Å². The summed E-state index contributed by atoms with van der Waals surface area (Å²) in [6.45, 7) is 1.24. The number of anilines is 1. The lowest BCUT2D eigenvalue weighted by Gasteiger charge is -2.14. The number of hydrogen-bond acceptors (Lipinski definition) is 4. The molecule has 0 radical (unpaired) electrons. The van der Waals surface area contributed by atoms with Crippen molar-refractivity contribution in [3.05, 3.63) is 59.4 Å². The van der Waals surface area contributed by atoms with Crippen molar-refractivity contribution in [3.63, 3.8) is 0 Å². The van der Waals surface area contributed by atoms with Gasteiger partial charge in [0.15, 0.2) is 17.7 Å². The molecule has 0 fully saturated rings. The van der Waals surface area contributed by atoms with Gasteiger partial charge in [-0.05, 0) is 37.3 Å². The van der Waals surface area contributed by atoms with Crippen LogP contribution in [0.15, 0.2) is 36.4 Å². The van der Waals surface area contributed by atoms with E-state index in [4.69, 9.17) is 9.47 Å². The summed E-state index contributed by atoms with van der Waals surface area (Å²) in [7, 11) is 1.27. The highest BCUT2D eigenvalue weighted by molar-refractivity contribution is 5.97. The van der Waals surface area contributed by atoms with Crippen molar-refractivity contribution in [1.29, 1.82) is 0 Å². The molecule has 5 nitrogen and oxygen atoms in total. The highest BCUT2D eigenvalue weighted by Crippen LogP contribution is 2.19. The number of amides is 1. The van der Waals surface area contributed by atoms with E-state index in [1.165, 1.54) is 26.2 Å². The molecule has 0 aliphatic heterocycles. The Labute approximate surface area is 141 Å². The monoisotopic (exact) mass is 353 g/mol. The molecule has 2 rings (SSSR count). The predicted molar refractivity (Wildman–Crippen MR) is 82.8 cm³/mol. The molecule has 0 spiro atoms. The van der Waals surface area contributed by atoms with Crippen LogP contribution < -0.4 is 10.1 Å². The van der Waals surface area contributed by atoms with Crippen LogP contribution in [0.4, 0.5) is 18.9 Å². The molecule has 0 aromatic heterocycles. The first-order valence-electron chi connectivity index (χ1n) is 7.12. The van der Waals surface area contributed by atoms with Gasteiger partial charge >= 0.3 is 5.97 Å². The number of halogens is 3. The Hall–Kier alpha value is -3.03. The second kappa shape index (κ2) is 7.69. The summed E-state index contributed by atoms with van der Waals surface area (Å²) >= 11 is 0. The predicted octanol–water partition coefficient (Wildman–Crippen LogP) is 3.30. The smallest absolute Gasteiger partial charge is 0.339 e. The van der Waals surface area contributed by atoms with E-state index in [9.17, 15) is 22.8 Å². The minimum absolute atomic E-state index is 0.0519. The van der Waals surface area contributed by atoms with E-state index in [2.05, 4.69) is 5.32 Å². The molecule has 1 amide bonds. The molecule has 0 saturated heterocycles. The summed E-state index contributed by atoms with van der Waals surface area (Å²) < 4.78 is 49.8. The van der Waals surface area contributed by atoms with E-state index in [-0.39, 0.29) is 17.0 Å². The quantitative estimate of drug-likeness (QED) is 0.838. The van der Waals surface area contributed by atoms with Gasteiger partial charge in [0.2, 0.25) is 0 Å². The van der Waals surface area contributed by atoms with E-state index >= 15 is 0 Å². The Morgan fingerprint density at radius 2 is 1.76 bits per heavy atom. The fourth-order valence-electron chi connectivity index (χ4n) is 1.90. The minimum atomic E-state index is -1.32. The largest absolute Gasteiger partial charge is 0.494 e. The van der Waals surface area contributed by atoms with Crippen LogP contribution in [0.2, 0.25) is 0 Å². The molecule has 2 aromatic carbocycles. The highest BCUT2D eigenvalue weighted by Gasteiger charge is 2.21. The summed E-state index contributed by atoms with van der Waals surface area (Å²) in [6.07, 6.45) is -1.32. The summed E-state index contributed by atoms with van der Waals surface area (Å²) in [5.74, 6) is -4.23. The number of carbonyl (C=O) groups excluding carboxylic acids is 2. The van der Waals surface area contributed by atoms with Crippen molar-refractivity contribution >= 4 is 17.6 Å². The maximum atomic E-state index is 13.6. The van der Waals surface area contributed by atoms with Crippen LogP contribution in [0, 0.1) is 17.5 Å². The third-order valence-electron chi connectivity index (χ3n) is 3.23. The van der Waals surface area contributed by atoms with Gasteiger partial charge in [0.25, 0.3) is 5.91 Å². The zero-order chi connectivity index (χ0) is 18.6. The van der Waals surface area contributed by atoms with Gasteiger partial charge in [-0.3, -0.25) is 4.79 Å². The normalized spacial score (nSPS) is 11.6. The molecule has 0 heterocycles. The molecule has 1 atom stereocenters. The van der Waals surface area contributed by atoms with Gasteiger partial charge < -0.3 is 14.8 Å². The van der Waals surface area contributed by atoms with E-state index in [1.54, 1.807) is 0 Å². The van der Waals surface area contributed by atoms with Crippen LogP contribution in [-0.2, 0) is 9.53 Å². The molecular formula is C17H14F3NO4. The Bertz CT molecular complexity index is 810. The van der Waals surface area contributed by atoms with Crippen LogP contribution in [0.5, 0.6) is 5.75 Å². The Kier molecular flexibility index (Phi) is 5.63. The third-order valence-corrected chi connectivity index (χ3v) is 3.23. The van der Waals surface area contributed by atoms with Crippen LogP contribution >= 0.6 is 0 Å². The van der Waals surface area contributed by atoms with Crippen molar-refractivity contribution in [2.75, 3.05) is 12.4 Å². The minimum Gasteiger partial charge on any atom is -0.494 e. The zero-order valence-electron chi connectivity index (χ0n) is 13.3. The Morgan fingerprint density at radius 1 is 1.04 bits per heavy atom. The number of methoxy groups -OCH3 is 1. The van der Waals surface area contributed by atoms with Gasteiger partial charge in [-0.1, -0.05) is 0 Å². The van der Waals surface area contributed by atoms with Crippen molar-refractivity contribution in [2.45, 2.75) is 13.0 Å². The molecule has 1 N–H and O–H groups in total. The number of nitrogens with one attached hydrogen (secondary N) is 1. The SMILES string of the molecule is COc1ccc(C(=O)O[C@H](C)C(=O)Nc2cc(F)ccc2F)cc1F. The lowest BCUT2D eigenvalue weighted by molar-refractivity contribution is -0.123. The number of rotatable bonds is 5. The van der Waals surface area contributed by atoms with Crippen molar-refractivity contribution in [3.8, 4) is 5.75 Å². The number of esters is 1. The van der Waals surface area contributed by atoms with Gasteiger partial charge in [-0.2, -0.15) is 0 Å².